The summed E-state index contributed by atoms with van der Waals surface area (Å²) in [6.07, 6.45) is 0. The predicted molar refractivity (Wildman–Crippen MR) is 157 cm³/mol. The minimum Gasteiger partial charge on any atom is -0.744 e. The fraction of sp³-hybridized carbons (Fsp3) is 0.219. The van der Waals surface area contributed by atoms with Crippen molar-refractivity contribution in [3.05, 3.63) is 103 Å². The Labute approximate surface area is 230 Å². The average Bonchev–Trinajstić information content (AvgIpc) is 2.94. The van der Waals surface area contributed by atoms with Gasteiger partial charge in [0.15, 0.2) is 0 Å². The number of aryl methyl sites for hydroxylation is 2. The van der Waals surface area contributed by atoms with E-state index in [-0.39, 0.29) is 4.90 Å². The number of hydrogen-bond acceptors (Lipinski definition) is 5. The first-order valence-corrected chi connectivity index (χ1v) is 14.5. The molecule has 39 heavy (non-hydrogen) atoms. The van der Waals surface area contributed by atoms with Crippen LogP contribution >= 0.6 is 0 Å². The van der Waals surface area contributed by atoms with Crippen LogP contribution < -0.4 is 9.47 Å². The number of para-hydroxylation sites is 2. The summed E-state index contributed by atoms with van der Waals surface area (Å²) < 4.78 is 33.5. The SMILES string of the molecule is CN1CCN(c2ccc(-c3c4ccccc4[n+](C)c4ccccc34)cc2)CC1.Cc1ccc(S(=O)(=O)[O-])cc1. The molecule has 0 spiro atoms. The summed E-state index contributed by atoms with van der Waals surface area (Å²) in [7, 11) is 0.0885. The number of pyridine rings is 1. The van der Waals surface area contributed by atoms with Gasteiger partial charge in [0.25, 0.3) is 0 Å². The van der Waals surface area contributed by atoms with Gasteiger partial charge in [-0.15, -0.1) is 0 Å². The van der Waals surface area contributed by atoms with Crippen LogP contribution in [0, 0.1) is 6.92 Å². The molecule has 1 aromatic heterocycles. The van der Waals surface area contributed by atoms with Gasteiger partial charge < -0.3 is 14.4 Å². The second-order valence-electron chi connectivity index (χ2n) is 10.1. The maximum atomic E-state index is 10.4. The van der Waals surface area contributed by atoms with Crippen molar-refractivity contribution in [2.24, 2.45) is 7.05 Å². The molecule has 1 saturated heterocycles. The third-order valence-corrected chi connectivity index (χ3v) is 8.25. The molecule has 7 heteroatoms. The number of nitrogens with zero attached hydrogens (tertiary/aromatic N) is 3. The van der Waals surface area contributed by atoms with Crippen LogP contribution in [0.4, 0.5) is 5.69 Å². The Kier molecular flexibility index (Phi) is 7.66. The molecule has 2 heterocycles. The lowest BCUT2D eigenvalue weighted by Crippen LogP contribution is -2.44. The van der Waals surface area contributed by atoms with Crippen molar-refractivity contribution < 1.29 is 17.5 Å². The van der Waals surface area contributed by atoms with Crippen LogP contribution in [0.3, 0.4) is 0 Å². The third kappa shape index (κ3) is 5.81. The van der Waals surface area contributed by atoms with Crippen LogP contribution in [0.15, 0.2) is 102 Å². The highest BCUT2D eigenvalue weighted by Gasteiger charge is 2.19. The minimum absolute atomic E-state index is 0.178. The lowest BCUT2D eigenvalue weighted by molar-refractivity contribution is -0.617. The van der Waals surface area contributed by atoms with E-state index in [1.807, 2.05) is 6.92 Å². The zero-order valence-corrected chi connectivity index (χ0v) is 23.4. The van der Waals surface area contributed by atoms with Crippen LogP contribution in [-0.4, -0.2) is 51.1 Å². The third-order valence-electron chi connectivity index (χ3n) is 7.40. The molecule has 4 aromatic carbocycles. The van der Waals surface area contributed by atoms with Gasteiger partial charge in [-0.3, -0.25) is 0 Å². The first-order valence-electron chi connectivity index (χ1n) is 13.1. The van der Waals surface area contributed by atoms with Gasteiger partial charge in [-0.25, -0.2) is 8.42 Å². The van der Waals surface area contributed by atoms with E-state index in [0.29, 0.717) is 0 Å². The molecule has 1 aliphatic rings. The zero-order chi connectivity index (χ0) is 27.6. The molecule has 1 aliphatic heterocycles. The van der Waals surface area contributed by atoms with E-state index in [4.69, 9.17) is 0 Å². The standard InChI is InChI=1S/C25H26N3.C7H8O3S/c1-26-15-17-28(18-16-26)20-13-11-19(12-14-20)25-21-7-3-5-9-23(21)27(2)24-10-6-4-8-22(24)25;1-6-2-4-7(5-3-6)11(8,9)10/h3-14H,15-18H2,1-2H3;2-5H,1H3,(H,8,9,10)/q+1;/p-1. The second-order valence-corrected chi connectivity index (χ2v) is 11.5. The summed E-state index contributed by atoms with van der Waals surface area (Å²) in [5, 5.41) is 2.60. The number of aromatic nitrogens is 1. The van der Waals surface area contributed by atoms with Gasteiger partial charge >= 0.3 is 0 Å². The van der Waals surface area contributed by atoms with Crippen molar-refractivity contribution in [2.45, 2.75) is 11.8 Å². The Hall–Kier alpha value is -3.78. The van der Waals surface area contributed by atoms with Gasteiger partial charge in [0.05, 0.1) is 15.7 Å². The Balaban J connectivity index is 0.000000237. The minimum atomic E-state index is -4.27. The normalized spacial score (nSPS) is 14.3. The summed E-state index contributed by atoms with van der Waals surface area (Å²) in [5.74, 6) is 0. The van der Waals surface area contributed by atoms with Crippen LogP contribution in [0.1, 0.15) is 5.56 Å². The molecule has 0 saturated carbocycles. The smallest absolute Gasteiger partial charge is 0.213 e. The Morgan fingerprint density at radius 2 is 1.23 bits per heavy atom. The van der Waals surface area contributed by atoms with Crippen molar-refractivity contribution in [1.82, 2.24) is 4.90 Å². The van der Waals surface area contributed by atoms with Gasteiger partial charge in [-0.2, -0.15) is 4.57 Å². The molecule has 0 N–H and O–H groups in total. The number of anilines is 1. The maximum Gasteiger partial charge on any atom is 0.213 e. The van der Waals surface area contributed by atoms with E-state index < -0.39 is 10.1 Å². The second kappa shape index (κ2) is 11.1. The van der Waals surface area contributed by atoms with Crippen LogP contribution in [0.2, 0.25) is 0 Å². The summed E-state index contributed by atoms with van der Waals surface area (Å²) in [5.41, 5.74) is 7.39. The van der Waals surface area contributed by atoms with Gasteiger partial charge in [-0.05, 0) is 55.9 Å². The first kappa shape index (κ1) is 26.8. The van der Waals surface area contributed by atoms with Crippen LogP contribution in [0.5, 0.6) is 0 Å². The van der Waals surface area contributed by atoms with Crippen molar-refractivity contribution in [2.75, 3.05) is 38.1 Å². The van der Waals surface area contributed by atoms with E-state index in [0.717, 1.165) is 31.7 Å². The summed E-state index contributed by atoms with van der Waals surface area (Å²) in [6.45, 7) is 6.28. The number of fused-ring (bicyclic) bond motifs is 2. The molecule has 200 valence electrons. The largest absolute Gasteiger partial charge is 0.744 e. The zero-order valence-electron chi connectivity index (χ0n) is 22.5. The molecule has 6 rings (SSSR count). The molecule has 0 aliphatic carbocycles. The highest BCUT2D eigenvalue weighted by Crippen LogP contribution is 2.34. The van der Waals surface area contributed by atoms with Crippen molar-refractivity contribution >= 4 is 37.6 Å². The molecule has 0 amide bonds. The van der Waals surface area contributed by atoms with Crippen molar-refractivity contribution in [3.8, 4) is 11.1 Å². The predicted octanol–water partition coefficient (Wildman–Crippen LogP) is 5.14. The lowest BCUT2D eigenvalue weighted by Gasteiger charge is -2.34. The van der Waals surface area contributed by atoms with E-state index in [1.54, 1.807) is 12.1 Å². The molecular weight excluding hydrogens is 506 g/mol. The fourth-order valence-corrected chi connectivity index (χ4v) is 5.62. The molecule has 5 aromatic rings. The topological polar surface area (TPSA) is 67.6 Å². The van der Waals surface area contributed by atoms with Crippen molar-refractivity contribution in [1.29, 1.82) is 0 Å². The fourth-order valence-electron chi connectivity index (χ4n) is 5.15. The maximum absolute atomic E-state index is 10.4. The van der Waals surface area contributed by atoms with Gasteiger partial charge in [0.1, 0.15) is 17.2 Å². The van der Waals surface area contributed by atoms with Gasteiger partial charge in [0.2, 0.25) is 11.0 Å². The van der Waals surface area contributed by atoms with E-state index in [2.05, 4.69) is 101 Å². The highest BCUT2D eigenvalue weighted by atomic mass is 32.2. The quantitative estimate of drug-likeness (QED) is 0.181. The summed E-state index contributed by atoms with van der Waals surface area (Å²) in [6, 6.07) is 32.4. The van der Waals surface area contributed by atoms with Crippen LogP contribution in [0.25, 0.3) is 32.9 Å². The molecular formula is C32H33N3O3S. The Morgan fingerprint density at radius 3 is 1.74 bits per heavy atom. The monoisotopic (exact) mass is 539 g/mol. The average molecular weight is 540 g/mol. The molecule has 0 bridgehead atoms. The number of hydrogen-bond donors (Lipinski definition) is 0. The molecule has 0 atom stereocenters. The Bertz CT molecular complexity index is 1650. The van der Waals surface area contributed by atoms with E-state index >= 15 is 0 Å². The molecule has 1 fully saturated rings. The number of rotatable bonds is 3. The first-order chi connectivity index (χ1) is 18.7. The lowest BCUT2D eigenvalue weighted by atomic mass is 9.95. The summed E-state index contributed by atoms with van der Waals surface area (Å²) in [4.78, 5) is 4.71. The van der Waals surface area contributed by atoms with Gasteiger partial charge in [0, 0.05) is 49.6 Å². The van der Waals surface area contributed by atoms with E-state index in [1.165, 1.54) is 50.8 Å². The molecule has 6 nitrogen and oxygen atoms in total. The number of piperazine rings is 1. The molecule has 0 radical (unpaired) electrons. The van der Waals surface area contributed by atoms with E-state index in [9.17, 15) is 13.0 Å². The van der Waals surface area contributed by atoms with Crippen molar-refractivity contribution in [3.63, 3.8) is 0 Å². The highest BCUT2D eigenvalue weighted by molar-refractivity contribution is 7.85. The summed E-state index contributed by atoms with van der Waals surface area (Å²) >= 11 is 0. The van der Waals surface area contributed by atoms with Gasteiger partial charge in [-0.1, -0.05) is 54.1 Å². The number of benzene rings is 4. The number of likely N-dealkylation sites (N-methyl/N-ethyl adjacent to an activating group) is 1. The Morgan fingerprint density at radius 1 is 0.718 bits per heavy atom. The van der Waals surface area contributed by atoms with Crippen LogP contribution in [-0.2, 0) is 17.2 Å². The molecule has 0 unspecified atom stereocenters.